The first kappa shape index (κ1) is 18.5. The Morgan fingerprint density at radius 3 is 2.69 bits per heavy atom. The van der Waals surface area contributed by atoms with E-state index in [-0.39, 0.29) is 11.6 Å². The van der Waals surface area contributed by atoms with Gasteiger partial charge in [0.15, 0.2) is 11.3 Å². The molecule has 4 aromatic rings. The highest BCUT2D eigenvalue weighted by Gasteiger charge is 2.26. The first-order chi connectivity index (χ1) is 14.0. The van der Waals surface area contributed by atoms with Crippen LogP contribution in [0.4, 0.5) is 0 Å². The lowest BCUT2D eigenvalue weighted by Gasteiger charge is -2.14. The van der Waals surface area contributed by atoms with Gasteiger partial charge in [-0.05, 0) is 55.7 Å². The summed E-state index contributed by atoms with van der Waals surface area (Å²) in [5, 5.41) is 8.33. The molecular weight excluding hydrogens is 411 g/mol. The van der Waals surface area contributed by atoms with Crippen molar-refractivity contribution in [1.29, 1.82) is 0 Å². The predicted octanol–water partition coefficient (Wildman–Crippen LogP) is 5.13. The quantitative estimate of drug-likeness (QED) is 0.491. The number of halogens is 2. The number of fused-ring (bicyclic) bond motifs is 3. The van der Waals surface area contributed by atoms with Crippen LogP contribution in [0.15, 0.2) is 40.8 Å². The number of nitrogens with zero attached hydrogens (tertiary/aromatic N) is 3. The minimum Gasteiger partial charge on any atom is -0.452 e. The molecule has 2 aromatic heterocycles. The number of carbonyl (C=O) groups excluding carboxylic acids is 1. The predicted molar refractivity (Wildman–Crippen MR) is 114 cm³/mol. The fourth-order valence-corrected chi connectivity index (χ4v) is 4.25. The first-order valence-electron chi connectivity index (χ1n) is 9.44. The van der Waals surface area contributed by atoms with Crippen molar-refractivity contribution < 1.29 is 9.21 Å². The van der Waals surface area contributed by atoms with Gasteiger partial charge in [0.05, 0.1) is 10.7 Å². The van der Waals surface area contributed by atoms with E-state index in [1.165, 1.54) is 0 Å². The van der Waals surface area contributed by atoms with Crippen molar-refractivity contribution in [3.05, 3.63) is 57.7 Å². The summed E-state index contributed by atoms with van der Waals surface area (Å²) in [5.74, 6) is -0.295. The molecule has 148 valence electrons. The molecular formula is C21H18Cl2N4O2. The van der Waals surface area contributed by atoms with Gasteiger partial charge in [-0.25, -0.2) is 9.69 Å². The summed E-state index contributed by atoms with van der Waals surface area (Å²) in [6.07, 6.45) is 2.13. The molecule has 1 N–H and O–H groups in total. The Balaban J connectivity index is 1.73. The van der Waals surface area contributed by atoms with Gasteiger partial charge in [0.25, 0.3) is 5.91 Å². The van der Waals surface area contributed by atoms with Crippen molar-refractivity contribution in [2.45, 2.75) is 19.8 Å². The summed E-state index contributed by atoms with van der Waals surface area (Å²) in [7, 11) is 0. The van der Waals surface area contributed by atoms with Crippen molar-refractivity contribution in [3.8, 4) is 5.69 Å². The third kappa shape index (κ3) is 3.17. The minimum absolute atomic E-state index is 0.228. The zero-order valence-electron chi connectivity index (χ0n) is 15.7. The highest BCUT2D eigenvalue weighted by atomic mass is 35.5. The van der Waals surface area contributed by atoms with Gasteiger partial charge < -0.3 is 4.42 Å². The summed E-state index contributed by atoms with van der Waals surface area (Å²) < 4.78 is 7.74. The van der Waals surface area contributed by atoms with Crippen LogP contribution in [-0.2, 0) is 0 Å². The SMILES string of the molecule is Cc1ccc2c(c1)oc1c(C(=O)NN3CCCC3)nn(-c3ccc(Cl)cc3Cl)c12. The third-order valence-electron chi connectivity index (χ3n) is 5.16. The molecule has 1 amide bonds. The van der Waals surface area contributed by atoms with E-state index in [0.717, 1.165) is 36.9 Å². The van der Waals surface area contributed by atoms with E-state index in [0.29, 0.717) is 32.4 Å². The second-order valence-corrected chi connectivity index (χ2v) is 8.11. The molecule has 0 aliphatic carbocycles. The first-order valence-corrected chi connectivity index (χ1v) is 10.2. The van der Waals surface area contributed by atoms with Crippen LogP contribution >= 0.6 is 23.2 Å². The Bertz CT molecular complexity index is 1250. The molecule has 1 fully saturated rings. The summed E-state index contributed by atoms with van der Waals surface area (Å²) >= 11 is 12.5. The zero-order chi connectivity index (χ0) is 20.1. The topological polar surface area (TPSA) is 63.3 Å². The van der Waals surface area contributed by atoms with Gasteiger partial charge in [0.2, 0.25) is 0 Å². The molecule has 0 bridgehead atoms. The number of amides is 1. The van der Waals surface area contributed by atoms with E-state index in [4.69, 9.17) is 27.6 Å². The second kappa shape index (κ2) is 7.06. The van der Waals surface area contributed by atoms with Gasteiger partial charge in [0.1, 0.15) is 11.1 Å². The second-order valence-electron chi connectivity index (χ2n) is 7.27. The zero-order valence-corrected chi connectivity index (χ0v) is 17.2. The Kier molecular flexibility index (Phi) is 4.50. The molecule has 1 saturated heterocycles. The number of hydrazine groups is 1. The molecule has 0 unspecified atom stereocenters. The van der Waals surface area contributed by atoms with Gasteiger partial charge in [-0.15, -0.1) is 0 Å². The molecule has 29 heavy (non-hydrogen) atoms. The van der Waals surface area contributed by atoms with Crippen LogP contribution in [0.3, 0.4) is 0 Å². The smallest absolute Gasteiger partial charge is 0.290 e. The number of aromatic nitrogens is 2. The van der Waals surface area contributed by atoms with Crippen molar-refractivity contribution in [3.63, 3.8) is 0 Å². The van der Waals surface area contributed by atoms with Gasteiger partial charge in [0, 0.05) is 23.5 Å². The van der Waals surface area contributed by atoms with E-state index < -0.39 is 0 Å². The van der Waals surface area contributed by atoms with Crippen molar-refractivity contribution in [2.24, 2.45) is 0 Å². The Labute approximate surface area is 176 Å². The monoisotopic (exact) mass is 428 g/mol. The largest absolute Gasteiger partial charge is 0.452 e. The van der Waals surface area contributed by atoms with E-state index >= 15 is 0 Å². The third-order valence-corrected chi connectivity index (χ3v) is 5.70. The van der Waals surface area contributed by atoms with Crippen molar-refractivity contribution >= 4 is 51.2 Å². The van der Waals surface area contributed by atoms with Gasteiger partial charge in [-0.2, -0.15) is 5.10 Å². The molecule has 2 aromatic carbocycles. The maximum absolute atomic E-state index is 13.0. The Hall–Kier alpha value is -2.54. The minimum atomic E-state index is -0.295. The van der Waals surface area contributed by atoms with Gasteiger partial charge >= 0.3 is 0 Å². The number of hydrogen-bond acceptors (Lipinski definition) is 4. The van der Waals surface area contributed by atoms with Crippen LogP contribution in [0.1, 0.15) is 28.9 Å². The molecule has 0 saturated carbocycles. The summed E-state index contributed by atoms with van der Waals surface area (Å²) in [6.45, 7) is 3.66. The van der Waals surface area contributed by atoms with Crippen molar-refractivity contribution in [2.75, 3.05) is 13.1 Å². The number of benzene rings is 2. The lowest BCUT2D eigenvalue weighted by Crippen LogP contribution is -2.40. The molecule has 1 aliphatic heterocycles. The van der Waals surface area contributed by atoms with Crippen molar-refractivity contribution in [1.82, 2.24) is 20.2 Å². The van der Waals surface area contributed by atoms with E-state index in [9.17, 15) is 4.79 Å². The van der Waals surface area contributed by atoms with Crippen LogP contribution in [0.2, 0.25) is 10.0 Å². The maximum atomic E-state index is 13.0. The molecule has 6 nitrogen and oxygen atoms in total. The molecule has 1 aliphatic rings. The van der Waals surface area contributed by atoms with Crippen LogP contribution < -0.4 is 5.43 Å². The average molecular weight is 429 g/mol. The molecule has 0 radical (unpaired) electrons. The lowest BCUT2D eigenvalue weighted by atomic mass is 10.2. The number of aryl methyl sites for hydroxylation is 1. The summed E-state index contributed by atoms with van der Waals surface area (Å²) in [5.41, 5.74) is 6.71. The molecule has 0 atom stereocenters. The number of hydrogen-bond donors (Lipinski definition) is 1. The summed E-state index contributed by atoms with van der Waals surface area (Å²) in [4.78, 5) is 13.0. The van der Waals surface area contributed by atoms with E-state index in [1.54, 1.807) is 22.9 Å². The highest BCUT2D eigenvalue weighted by Crippen LogP contribution is 2.35. The molecule has 0 spiro atoms. The molecule has 5 rings (SSSR count). The molecule has 8 heteroatoms. The fourth-order valence-electron chi connectivity index (χ4n) is 3.76. The van der Waals surface area contributed by atoms with Crippen LogP contribution in [-0.4, -0.2) is 33.8 Å². The number of carbonyl (C=O) groups is 1. The Morgan fingerprint density at radius 1 is 1.14 bits per heavy atom. The number of rotatable bonds is 3. The highest BCUT2D eigenvalue weighted by molar-refractivity contribution is 6.35. The normalized spacial score (nSPS) is 14.9. The van der Waals surface area contributed by atoms with Gasteiger partial charge in [-0.3, -0.25) is 10.2 Å². The lowest BCUT2D eigenvalue weighted by molar-refractivity contribution is 0.0820. The van der Waals surface area contributed by atoms with Crippen LogP contribution in [0.5, 0.6) is 0 Å². The van der Waals surface area contributed by atoms with Gasteiger partial charge in [-0.1, -0.05) is 29.3 Å². The molecule has 3 heterocycles. The number of nitrogens with one attached hydrogen (secondary N) is 1. The van der Waals surface area contributed by atoms with E-state index in [1.807, 2.05) is 30.1 Å². The van der Waals surface area contributed by atoms with Crippen LogP contribution in [0.25, 0.3) is 27.8 Å². The van der Waals surface area contributed by atoms with E-state index in [2.05, 4.69) is 10.5 Å². The standard InChI is InChI=1S/C21H18Cl2N4O2/c1-12-4-6-14-17(10-12)29-20-18(21(28)25-26-8-2-3-9-26)24-27(19(14)20)16-7-5-13(22)11-15(16)23/h4-7,10-11H,2-3,8-9H2,1H3,(H,25,28). The summed E-state index contributed by atoms with van der Waals surface area (Å²) in [6, 6.07) is 11.1. The fraction of sp³-hybridized carbons (Fsp3) is 0.238. The maximum Gasteiger partial charge on any atom is 0.290 e. The Morgan fingerprint density at radius 2 is 1.93 bits per heavy atom. The average Bonchev–Trinajstić information content (AvgIpc) is 3.37. The number of furan rings is 1. The van der Waals surface area contributed by atoms with Crippen LogP contribution in [0, 0.1) is 6.92 Å².